The molecule has 1 aromatic carbocycles. The topological polar surface area (TPSA) is 18.5 Å². The van der Waals surface area contributed by atoms with Gasteiger partial charge in [0.15, 0.2) is 11.5 Å². The summed E-state index contributed by atoms with van der Waals surface area (Å²) in [5.41, 5.74) is 0.600. The van der Waals surface area contributed by atoms with Crippen LogP contribution in [-0.4, -0.2) is 14.2 Å². The lowest BCUT2D eigenvalue weighted by Crippen LogP contribution is -2.07. The van der Waals surface area contributed by atoms with E-state index in [1.807, 2.05) is 13.8 Å². The highest BCUT2D eigenvalue weighted by atomic mass is 19.1. The molecule has 1 rings (SSSR count). The maximum atomic E-state index is 14.0. The van der Waals surface area contributed by atoms with Gasteiger partial charge in [0.25, 0.3) is 0 Å². The van der Waals surface area contributed by atoms with Gasteiger partial charge in [-0.15, -0.1) is 5.92 Å². The zero-order chi connectivity index (χ0) is 13.7. The van der Waals surface area contributed by atoms with Gasteiger partial charge in [-0.05, 0) is 24.5 Å². The minimum absolute atomic E-state index is 0.00254. The number of hydrogen-bond donors (Lipinski definition) is 0. The third-order valence-electron chi connectivity index (χ3n) is 3.12. The standard InChI is InChI=1S/C15H19FO2/c1-6-7-10(2)11(3)12-8-14(17-4)15(18-5)9-13(12)16/h8-11H,1-5H3. The predicted octanol–water partition coefficient (Wildman–Crippen LogP) is 3.61. The molecule has 0 aromatic heterocycles. The fourth-order valence-corrected chi connectivity index (χ4v) is 1.84. The summed E-state index contributed by atoms with van der Waals surface area (Å²) in [6, 6.07) is 3.05. The summed E-state index contributed by atoms with van der Waals surface area (Å²) in [5.74, 6) is 6.65. The SMILES string of the molecule is CC#CC(C)C(C)c1cc(OC)c(OC)cc1F. The molecule has 0 spiro atoms. The van der Waals surface area contributed by atoms with Crippen LogP contribution in [0, 0.1) is 23.6 Å². The summed E-state index contributed by atoms with van der Waals surface area (Å²) >= 11 is 0. The van der Waals surface area contributed by atoms with E-state index in [1.165, 1.54) is 13.2 Å². The molecule has 18 heavy (non-hydrogen) atoms. The van der Waals surface area contributed by atoms with Crippen LogP contribution >= 0.6 is 0 Å². The summed E-state index contributed by atoms with van der Waals surface area (Å²) in [6.07, 6.45) is 0. The molecule has 3 heteroatoms. The van der Waals surface area contributed by atoms with Crippen LogP contribution in [0.5, 0.6) is 11.5 Å². The number of halogens is 1. The van der Waals surface area contributed by atoms with Crippen molar-refractivity contribution in [2.45, 2.75) is 26.7 Å². The Morgan fingerprint density at radius 3 is 2.17 bits per heavy atom. The first-order valence-electron chi connectivity index (χ1n) is 5.88. The van der Waals surface area contributed by atoms with Gasteiger partial charge in [0.2, 0.25) is 0 Å². The zero-order valence-corrected chi connectivity index (χ0v) is 11.5. The monoisotopic (exact) mass is 250 g/mol. The normalized spacial score (nSPS) is 13.2. The van der Waals surface area contributed by atoms with Crippen LogP contribution in [0.1, 0.15) is 32.3 Å². The van der Waals surface area contributed by atoms with E-state index in [9.17, 15) is 4.39 Å². The van der Waals surface area contributed by atoms with E-state index in [1.54, 1.807) is 20.1 Å². The molecule has 1 aromatic rings. The Kier molecular flexibility index (Phi) is 5.03. The van der Waals surface area contributed by atoms with Crippen molar-refractivity contribution >= 4 is 0 Å². The van der Waals surface area contributed by atoms with Crippen LogP contribution in [0.3, 0.4) is 0 Å². The summed E-state index contributed by atoms with van der Waals surface area (Å²) in [5, 5.41) is 0. The van der Waals surface area contributed by atoms with Gasteiger partial charge in [-0.1, -0.05) is 19.8 Å². The summed E-state index contributed by atoms with van der Waals surface area (Å²) in [7, 11) is 3.03. The highest BCUT2D eigenvalue weighted by Crippen LogP contribution is 2.35. The maximum absolute atomic E-state index is 14.0. The third kappa shape index (κ3) is 2.95. The molecule has 2 nitrogen and oxygen atoms in total. The fourth-order valence-electron chi connectivity index (χ4n) is 1.84. The second-order valence-electron chi connectivity index (χ2n) is 4.20. The fraction of sp³-hybridized carbons (Fsp3) is 0.467. The minimum Gasteiger partial charge on any atom is -0.493 e. The van der Waals surface area contributed by atoms with Crippen molar-refractivity contribution in [1.82, 2.24) is 0 Å². The molecule has 0 aliphatic rings. The Morgan fingerprint density at radius 2 is 1.67 bits per heavy atom. The highest BCUT2D eigenvalue weighted by molar-refractivity contribution is 5.45. The maximum Gasteiger partial charge on any atom is 0.163 e. The Labute approximate surface area is 108 Å². The van der Waals surface area contributed by atoms with Crippen molar-refractivity contribution < 1.29 is 13.9 Å². The molecule has 0 aliphatic heterocycles. The van der Waals surface area contributed by atoms with Crippen molar-refractivity contribution in [3.63, 3.8) is 0 Å². The number of benzene rings is 1. The Bertz CT molecular complexity index is 471. The van der Waals surface area contributed by atoms with Gasteiger partial charge in [-0.3, -0.25) is 0 Å². The summed E-state index contributed by atoms with van der Waals surface area (Å²) < 4.78 is 24.3. The van der Waals surface area contributed by atoms with E-state index in [2.05, 4.69) is 11.8 Å². The predicted molar refractivity (Wildman–Crippen MR) is 70.5 cm³/mol. The molecule has 0 N–H and O–H groups in total. The van der Waals surface area contributed by atoms with E-state index in [4.69, 9.17) is 9.47 Å². The van der Waals surface area contributed by atoms with E-state index in [-0.39, 0.29) is 17.7 Å². The molecule has 2 unspecified atom stereocenters. The van der Waals surface area contributed by atoms with Crippen LogP contribution in [0.4, 0.5) is 4.39 Å². The molecule has 0 amide bonds. The molecule has 0 heterocycles. The zero-order valence-electron chi connectivity index (χ0n) is 11.5. The Hall–Kier alpha value is -1.69. The second-order valence-corrected chi connectivity index (χ2v) is 4.20. The molecule has 2 atom stereocenters. The van der Waals surface area contributed by atoms with Crippen molar-refractivity contribution in [3.8, 4) is 23.3 Å². The van der Waals surface area contributed by atoms with Crippen LogP contribution in [0.25, 0.3) is 0 Å². The first kappa shape index (κ1) is 14.4. The third-order valence-corrected chi connectivity index (χ3v) is 3.12. The van der Waals surface area contributed by atoms with Crippen molar-refractivity contribution in [1.29, 1.82) is 0 Å². The average molecular weight is 250 g/mol. The van der Waals surface area contributed by atoms with Gasteiger partial charge < -0.3 is 9.47 Å². The van der Waals surface area contributed by atoms with Gasteiger partial charge in [0.1, 0.15) is 5.82 Å². The number of hydrogen-bond acceptors (Lipinski definition) is 2. The average Bonchev–Trinajstić information content (AvgIpc) is 2.37. The quantitative estimate of drug-likeness (QED) is 0.760. The summed E-state index contributed by atoms with van der Waals surface area (Å²) in [6.45, 7) is 5.73. The van der Waals surface area contributed by atoms with E-state index >= 15 is 0 Å². The van der Waals surface area contributed by atoms with Crippen LogP contribution in [-0.2, 0) is 0 Å². The number of rotatable bonds is 4. The van der Waals surface area contributed by atoms with E-state index < -0.39 is 0 Å². The van der Waals surface area contributed by atoms with Crippen molar-refractivity contribution in [2.24, 2.45) is 5.92 Å². The van der Waals surface area contributed by atoms with Crippen molar-refractivity contribution in [3.05, 3.63) is 23.5 Å². The van der Waals surface area contributed by atoms with E-state index in [0.717, 1.165) is 0 Å². The van der Waals surface area contributed by atoms with Gasteiger partial charge in [-0.2, -0.15) is 0 Å². The lowest BCUT2D eigenvalue weighted by atomic mass is 9.88. The highest BCUT2D eigenvalue weighted by Gasteiger charge is 2.19. The van der Waals surface area contributed by atoms with Gasteiger partial charge in [0.05, 0.1) is 14.2 Å². The van der Waals surface area contributed by atoms with Gasteiger partial charge >= 0.3 is 0 Å². The first-order chi connectivity index (χ1) is 8.54. The minimum atomic E-state index is -0.287. The lowest BCUT2D eigenvalue weighted by Gasteiger charge is -2.18. The molecule has 0 bridgehead atoms. The number of methoxy groups -OCH3 is 2. The van der Waals surface area contributed by atoms with Crippen LogP contribution < -0.4 is 9.47 Å². The largest absolute Gasteiger partial charge is 0.493 e. The molecular formula is C15H19FO2. The molecule has 0 saturated heterocycles. The second kappa shape index (κ2) is 6.30. The lowest BCUT2D eigenvalue weighted by molar-refractivity contribution is 0.350. The smallest absolute Gasteiger partial charge is 0.163 e. The number of ether oxygens (including phenoxy) is 2. The first-order valence-corrected chi connectivity index (χ1v) is 5.88. The summed E-state index contributed by atoms with van der Waals surface area (Å²) in [4.78, 5) is 0. The molecule has 0 radical (unpaired) electrons. The van der Waals surface area contributed by atoms with Crippen molar-refractivity contribution in [2.75, 3.05) is 14.2 Å². The Morgan fingerprint density at radius 1 is 1.11 bits per heavy atom. The molecular weight excluding hydrogens is 231 g/mol. The van der Waals surface area contributed by atoms with Crippen LogP contribution in [0.15, 0.2) is 12.1 Å². The molecule has 0 fully saturated rings. The Balaban J connectivity index is 3.19. The van der Waals surface area contributed by atoms with Gasteiger partial charge in [-0.25, -0.2) is 4.39 Å². The molecule has 0 saturated carbocycles. The van der Waals surface area contributed by atoms with E-state index in [0.29, 0.717) is 17.1 Å². The molecule has 98 valence electrons. The van der Waals surface area contributed by atoms with Gasteiger partial charge in [0, 0.05) is 12.0 Å². The van der Waals surface area contributed by atoms with Crippen LogP contribution in [0.2, 0.25) is 0 Å². The molecule has 0 aliphatic carbocycles.